The van der Waals surface area contributed by atoms with Crippen molar-refractivity contribution >= 4 is 0 Å². The second-order valence-electron chi connectivity index (χ2n) is 4.93. The average molecular weight is 197 g/mol. The van der Waals surface area contributed by atoms with Gasteiger partial charge in [0.25, 0.3) is 0 Å². The van der Waals surface area contributed by atoms with E-state index < -0.39 is 0 Å². The molecule has 1 nitrogen and oxygen atoms in total. The van der Waals surface area contributed by atoms with Crippen molar-refractivity contribution in [1.82, 2.24) is 4.90 Å². The predicted molar refractivity (Wildman–Crippen MR) is 63.6 cm³/mol. The first-order valence-electron chi connectivity index (χ1n) is 6.53. The minimum atomic E-state index is 0.956. The van der Waals surface area contributed by atoms with Gasteiger partial charge in [-0.2, -0.15) is 0 Å². The van der Waals surface area contributed by atoms with Gasteiger partial charge in [-0.05, 0) is 44.7 Å². The van der Waals surface area contributed by atoms with Crippen LogP contribution in [0.2, 0.25) is 0 Å². The largest absolute Gasteiger partial charge is 0.300 e. The molecule has 0 N–H and O–H groups in total. The Hall–Kier alpha value is -0.0400. The third-order valence-corrected chi connectivity index (χ3v) is 3.43. The van der Waals surface area contributed by atoms with Gasteiger partial charge in [-0.15, -0.1) is 0 Å². The second-order valence-corrected chi connectivity index (χ2v) is 4.93. The molecule has 14 heavy (non-hydrogen) atoms. The fourth-order valence-electron chi connectivity index (χ4n) is 2.75. The molecule has 0 radical (unpaired) electrons. The predicted octanol–water partition coefficient (Wildman–Crippen LogP) is 3.69. The summed E-state index contributed by atoms with van der Waals surface area (Å²) in [6.45, 7) is 9.45. The molecule has 2 heterocycles. The topological polar surface area (TPSA) is 3.24 Å². The van der Waals surface area contributed by atoms with E-state index >= 15 is 0 Å². The van der Waals surface area contributed by atoms with Crippen LogP contribution in [0.3, 0.4) is 0 Å². The number of hydrogen-bond donors (Lipinski definition) is 0. The van der Waals surface area contributed by atoms with Gasteiger partial charge in [0.15, 0.2) is 0 Å². The van der Waals surface area contributed by atoms with E-state index in [1.807, 2.05) is 0 Å². The lowest BCUT2D eigenvalue weighted by atomic mass is 9.85. The maximum atomic E-state index is 2.72. The molecule has 84 valence electrons. The van der Waals surface area contributed by atoms with Crippen molar-refractivity contribution < 1.29 is 0 Å². The van der Waals surface area contributed by atoms with Crippen LogP contribution in [-0.2, 0) is 0 Å². The molecule has 0 spiro atoms. The summed E-state index contributed by atoms with van der Waals surface area (Å²) in [5, 5.41) is 0. The quantitative estimate of drug-likeness (QED) is 0.572. The van der Waals surface area contributed by atoms with Gasteiger partial charge in [-0.1, -0.05) is 33.6 Å². The highest BCUT2D eigenvalue weighted by molar-refractivity contribution is 4.84. The molecular formula is C13H27N. The molecule has 0 aromatic heterocycles. The van der Waals surface area contributed by atoms with Gasteiger partial charge in [0.2, 0.25) is 0 Å². The summed E-state index contributed by atoms with van der Waals surface area (Å²) in [6, 6.07) is 0.956. The van der Waals surface area contributed by atoms with Gasteiger partial charge in [0.05, 0.1) is 0 Å². The average Bonchev–Trinajstić information content (AvgIpc) is 2.20. The summed E-state index contributed by atoms with van der Waals surface area (Å²) in [6.07, 6.45) is 8.56. The van der Waals surface area contributed by atoms with Crippen LogP contribution in [0.15, 0.2) is 0 Å². The highest BCUT2D eigenvalue weighted by atomic mass is 15.2. The van der Waals surface area contributed by atoms with Crippen LogP contribution in [0.1, 0.15) is 59.3 Å². The maximum absolute atomic E-state index is 2.72. The lowest BCUT2D eigenvalue weighted by Crippen LogP contribution is -2.46. The highest BCUT2D eigenvalue weighted by Gasteiger charge is 2.29. The van der Waals surface area contributed by atoms with Gasteiger partial charge in [0, 0.05) is 6.04 Å². The molecule has 1 heteroatoms. The molecule has 0 aromatic carbocycles. The van der Waals surface area contributed by atoms with Crippen molar-refractivity contribution in [2.45, 2.75) is 65.3 Å². The van der Waals surface area contributed by atoms with Crippen LogP contribution in [-0.4, -0.2) is 24.0 Å². The van der Waals surface area contributed by atoms with Crippen molar-refractivity contribution in [3.05, 3.63) is 0 Å². The summed E-state index contributed by atoms with van der Waals surface area (Å²) >= 11 is 0. The summed E-state index contributed by atoms with van der Waals surface area (Å²) in [4.78, 5) is 2.72. The van der Waals surface area contributed by atoms with Crippen LogP contribution in [0.4, 0.5) is 0 Å². The number of piperidine rings is 2. The van der Waals surface area contributed by atoms with Crippen LogP contribution in [0.5, 0.6) is 0 Å². The van der Waals surface area contributed by atoms with E-state index in [1.165, 1.54) is 51.6 Å². The number of nitrogens with zero attached hydrogens (tertiary/aromatic N) is 1. The molecule has 2 rings (SSSR count). The van der Waals surface area contributed by atoms with Crippen LogP contribution in [0, 0.1) is 5.92 Å². The van der Waals surface area contributed by atoms with Gasteiger partial charge in [-0.25, -0.2) is 0 Å². The highest BCUT2D eigenvalue weighted by Crippen LogP contribution is 2.29. The Morgan fingerprint density at radius 3 is 2.29 bits per heavy atom. The van der Waals surface area contributed by atoms with Crippen molar-refractivity contribution in [2.75, 3.05) is 13.1 Å². The normalized spacial score (nSPS) is 32.8. The fraction of sp³-hybridized carbons (Fsp3) is 1.00. The minimum Gasteiger partial charge on any atom is -0.300 e. The summed E-state index contributed by atoms with van der Waals surface area (Å²) in [5.74, 6) is 0.976. The first kappa shape index (κ1) is 12.0. The zero-order chi connectivity index (χ0) is 10.4. The molecule has 2 atom stereocenters. The molecule has 2 aliphatic heterocycles. The molecule has 2 fully saturated rings. The van der Waals surface area contributed by atoms with Crippen molar-refractivity contribution in [3.63, 3.8) is 0 Å². The van der Waals surface area contributed by atoms with E-state index in [4.69, 9.17) is 0 Å². The third-order valence-electron chi connectivity index (χ3n) is 3.43. The van der Waals surface area contributed by atoms with Gasteiger partial charge >= 0.3 is 0 Å². The standard InChI is InChI=1S/C10H19N.C3H8/c1-9-5-4-8-11-7-3-2-6-10(9)11;1-3-2/h9-10H,2-8H2,1H3;3H2,1-2H3. The smallest absolute Gasteiger partial charge is 0.0121 e. The van der Waals surface area contributed by atoms with E-state index in [0.29, 0.717) is 0 Å². The molecule has 0 aliphatic carbocycles. The van der Waals surface area contributed by atoms with Gasteiger partial charge in [-0.3, -0.25) is 0 Å². The summed E-state index contributed by atoms with van der Waals surface area (Å²) < 4.78 is 0. The molecule has 0 bridgehead atoms. The number of fused-ring (bicyclic) bond motifs is 1. The first-order valence-corrected chi connectivity index (χ1v) is 6.53. The first-order chi connectivity index (χ1) is 6.79. The molecule has 0 amide bonds. The van der Waals surface area contributed by atoms with Crippen LogP contribution in [0.25, 0.3) is 0 Å². The summed E-state index contributed by atoms with van der Waals surface area (Å²) in [5.41, 5.74) is 0. The Balaban J connectivity index is 0.000000293. The number of rotatable bonds is 0. The SMILES string of the molecule is CC1CCCN2CCCCC12.CCC. The molecule has 2 saturated heterocycles. The number of hydrogen-bond acceptors (Lipinski definition) is 1. The zero-order valence-corrected chi connectivity index (χ0v) is 10.3. The molecule has 0 aromatic rings. The lowest BCUT2D eigenvalue weighted by Gasteiger charge is -2.43. The van der Waals surface area contributed by atoms with Crippen LogP contribution >= 0.6 is 0 Å². The Kier molecular flexibility index (Phi) is 5.54. The van der Waals surface area contributed by atoms with Gasteiger partial charge < -0.3 is 4.90 Å². The Labute approximate surface area is 89.9 Å². The van der Waals surface area contributed by atoms with E-state index in [9.17, 15) is 0 Å². The fourth-order valence-corrected chi connectivity index (χ4v) is 2.75. The van der Waals surface area contributed by atoms with E-state index in [0.717, 1.165) is 12.0 Å². The van der Waals surface area contributed by atoms with Crippen molar-refractivity contribution in [1.29, 1.82) is 0 Å². The van der Waals surface area contributed by atoms with E-state index in [2.05, 4.69) is 25.7 Å². The Morgan fingerprint density at radius 1 is 1.00 bits per heavy atom. The zero-order valence-electron chi connectivity index (χ0n) is 10.3. The van der Waals surface area contributed by atoms with E-state index in [-0.39, 0.29) is 0 Å². The second kappa shape index (κ2) is 6.44. The Morgan fingerprint density at radius 2 is 1.64 bits per heavy atom. The maximum Gasteiger partial charge on any atom is 0.0121 e. The Bertz CT molecular complexity index is 142. The monoisotopic (exact) mass is 197 g/mol. The van der Waals surface area contributed by atoms with Crippen molar-refractivity contribution in [2.24, 2.45) is 5.92 Å². The van der Waals surface area contributed by atoms with Gasteiger partial charge in [0.1, 0.15) is 0 Å². The molecule has 2 unspecified atom stereocenters. The molecule has 0 saturated carbocycles. The van der Waals surface area contributed by atoms with E-state index in [1.54, 1.807) is 0 Å². The third kappa shape index (κ3) is 3.27. The van der Waals surface area contributed by atoms with Crippen molar-refractivity contribution in [3.8, 4) is 0 Å². The minimum absolute atomic E-state index is 0.956. The molecular weight excluding hydrogens is 170 g/mol. The summed E-state index contributed by atoms with van der Waals surface area (Å²) in [7, 11) is 0. The molecule has 2 aliphatic rings. The lowest BCUT2D eigenvalue weighted by molar-refractivity contribution is 0.0674. The van der Waals surface area contributed by atoms with Crippen LogP contribution < -0.4 is 0 Å².